The lowest BCUT2D eigenvalue weighted by atomic mass is 9.89. The predicted molar refractivity (Wildman–Crippen MR) is 138 cm³/mol. The smallest absolute Gasteiger partial charge is 0.306 e. The number of carbonyl (C=O) groups is 1. The third-order valence-electron chi connectivity index (χ3n) is 6.11. The topological polar surface area (TPSA) is 116 Å². The minimum atomic E-state index is -1.43. The van der Waals surface area contributed by atoms with E-state index >= 15 is 0 Å². The lowest BCUT2D eigenvalue weighted by molar-refractivity contribution is -0.239. The largest absolute Gasteiger partial charge is 0.460 e. The molecule has 202 valence electrons. The summed E-state index contributed by atoms with van der Waals surface area (Å²) in [5.41, 5.74) is -0.918. The number of hydrogen-bond donors (Lipinski definition) is 4. The molecule has 0 aliphatic carbocycles. The van der Waals surface area contributed by atoms with E-state index in [0.717, 1.165) is 57.8 Å². The maximum Gasteiger partial charge on any atom is 0.306 e. The molecule has 1 rings (SSSR count). The van der Waals surface area contributed by atoms with Crippen LogP contribution in [0.5, 0.6) is 0 Å². The SMILES string of the molecule is CC/C=C\C/C=C\C/C=C\CCCCCCCC(=O)OC(C)(C)C[C@@H]1O[C@H](CO)[C@H](O)[C@H](O)[C@H]1O. The molecule has 1 aliphatic heterocycles. The van der Waals surface area contributed by atoms with E-state index in [1.54, 1.807) is 13.8 Å². The lowest BCUT2D eigenvalue weighted by Crippen LogP contribution is -2.59. The van der Waals surface area contributed by atoms with Gasteiger partial charge in [0, 0.05) is 12.8 Å². The van der Waals surface area contributed by atoms with Crippen LogP contribution in [0.3, 0.4) is 0 Å². The minimum absolute atomic E-state index is 0.138. The van der Waals surface area contributed by atoms with Crippen molar-refractivity contribution in [1.82, 2.24) is 0 Å². The third kappa shape index (κ3) is 13.4. The van der Waals surface area contributed by atoms with Crippen molar-refractivity contribution in [2.24, 2.45) is 0 Å². The van der Waals surface area contributed by atoms with Crippen molar-refractivity contribution in [3.05, 3.63) is 36.5 Å². The van der Waals surface area contributed by atoms with Gasteiger partial charge in [-0.3, -0.25) is 4.79 Å². The fraction of sp³-hybridized carbons (Fsp3) is 0.750. The van der Waals surface area contributed by atoms with Crippen LogP contribution < -0.4 is 0 Å². The Morgan fingerprint density at radius 1 is 0.829 bits per heavy atom. The van der Waals surface area contributed by atoms with Gasteiger partial charge in [-0.25, -0.2) is 0 Å². The fourth-order valence-corrected chi connectivity index (χ4v) is 4.12. The summed E-state index contributed by atoms with van der Waals surface area (Å²) >= 11 is 0. The summed E-state index contributed by atoms with van der Waals surface area (Å²) in [6.45, 7) is 5.10. The van der Waals surface area contributed by atoms with Gasteiger partial charge in [0.05, 0.1) is 12.7 Å². The Labute approximate surface area is 211 Å². The van der Waals surface area contributed by atoms with Crippen molar-refractivity contribution in [2.75, 3.05) is 6.61 Å². The van der Waals surface area contributed by atoms with E-state index in [1.165, 1.54) is 0 Å². The highest BCUT2D eigenvalue weighted by Gasteiger charge is 2.45. The average Bonchev–Trinajstić information content (AvgIpc) is 2.81. The van der Waals surface area contributed by atoms with Gasteiger partial charge in [-0.1, -0.05) is 62.6 Å². The normalized spacial score (nSPS) is 25.7. The first kappa shape index (κ1) is 31.5. The second-order valence-corrected chi connectivity index (χ2v) is 9.91. The molecule has 1 fully saturated rings. The Morgan fingerprint density at radius 2 is 1.40 bits per heavy atom. The van der Waals surface area contributed by atoms with Gasteiger partial charge >= 0.3 is 5.97 Å². The lowest BCUT2D eigenvalue weighted by Gasteiger charge is -2.42. The maximum atomic E-state index is 12.3. The number of aliphatic hydroxyl groups is 4. The number of esters is 1. The van der Waals surface area contributed by atoms with Crippen molar-refractivity contribution in [2.45, 2.75) is 128 Å². The van der Waals surface area contributed by atoms with Crippen molar-refractivity contribution >= 4 is 5.97 Å². The highest BCUT2D eigenvalue weighted by atomic mass is 16.6. The molecule has 35 heavy (non-hydrogen) atoms. The molecule has 0 aromatic rings. The number of allylic oxidation sites excluding steroid dienone is 6. The maximum absolute atomic E-state index is 12.3. The zero-order valence-corrected chi connectivity index (χ0v) is 21.8. The number of ether oxygens (including phenoxy) is 2. The van der Waals surface area contributed by atoms with Crippen LogP contribution in [-0.4, -0.2) is 69.1 Å². The second kappa shape index (κ2) is 17.8. The van der Waals surface area contributed by atoms with E-state index in [-0.39, 0.29) is 12.4 Å². The molecule has 1 aliphatic rings. The van der Waals surface area contributed by atoms with Crippen LogP contribution in [-0.2, 0) is 14.3 Å². The zero-order valence-electron chi connectivity index (χ0n) is 21.8. The van der Waals surface area contributed by atoms with Crippen LogP contribution in [0.1, 0.15) is 91.4 Å². The van der Waals surface area contributed by atoms with E-state index < -0.39 is 42.7 Å². The number of unbranched alkanes of at least 4 members (excludes halogenated alkanes) is 5. The molecule has 1 heterocycles. The standard InChI is InChI=1S/C28H48O7/c1-4-5-6-7-8-9-10-11-12-13-14-15-16-17-18-19-24(30)35-28(2,3)20-22-25(31)27(33)26(32)23(21-29)34-22/h5-6,8-9,11-12,22-23,25-27,29,31-33H,4,7,10,13-21H2,1-3H3/b6-5-,9-8-,12-11-/t22-,23+,25-,26-,27+/m0/s1. The van der Waals surface area contributed by atoms with Gasteiger partial charge in [-0.05, 0) is 52.4 Å². The molecule has 0 unspecified atom stereocenters. The van der Waals surface area contributed by atoms with E-state index in [9.17, 15) is 25.2 Å². The Kier molecular flexibility index (Phi) is 16.1. The predicted octanol–water partition coefficient (Wildman–Crippen LogP) is 4.13. The molecule has 4 N–H and O–H groups in total. The third-order valence-corrected chi connectivity index (χ3v) is 6.11. The Balaban J connectivity index is 2.15. The summed E-state index contributed by atoms with van der Waals surface area (Å²) in [5.74, 6) is -0.305. The van der Waals surface area contributed by atoms with Crippen LogP contribution in [0.25, 0.3) is 0 Å². The summed E-state index contributed by atoms with van der Waals surface area (Å²) < 4.78 is 11.1. The van der Waals surface area contributed by atoms with Crippen molar-refractivity contribution < 1.29 is 34.7 Å². The molecular formula is C28H48O7. The van der Waals surface area contributed by atoms with Gasteiger partial charge in [0.25, 0.3) is 0 Å². The number of hydrogen-bond acceptors (Lipinski definition) is 7. The molecule has 0 radical (unpaired) electrons. The van der Waals surface area contributed by atoms with Gasteiger partial charge in [0.15, 0.2) is 0 Å². The summed E-state index contributed by atoms with van der Waals surface area (Å²) in [5, 5.41) is 39.4. The van der Waals surface area contributed by atoms with Gasteiger partial charge in [-0.2, -0.15) is 0 Å². The van der Waals surface area contributed by atoms with E-state index in [1.807, 2.05) is 0 Å². The van der Waals surface area contributed by atoms with Crippen LogP contribution in [0.15, 0.2) is 36.5 Å². The van der Waals surface area contributed by atoms with Crippen LogP contribution in [0, 0.1) is 0 Å². The first-order chi connectivity index (χ1) is 16.7. The second-order valence-electron chi connectivity index (χ2n) is 9.91. The Bertz CT molecular complexity index is 654. The molecule has 7 heteroatoms. The quantitative estimate of drug-likeness (QED) is 0.136. The van der Waals surface area contributed by atoms with E-state index in [4.69, 9.17) is 9.47 Å². The van der Waals surface area contributed by atoms with Gasteiger partial charge < -0.3 is 29.9 Å². The molecule has 1 saturated heterocycles. The Morgan fingerprint density at radius 3 is 2.06 bits per heavy atom. The molecule has 0 saturated carbocycles. The summed E-state index contributed by atoms with van der Waals surface area (Å²) in [4.78, 5) is 12.3. The Hall–Kier alpha value is -1.51. The van der Waals surface area contributed by atoms with Crippen molar-refractivity contribution in [3.63, 3.8) is 0 Å². The van der Waals surface area contributed by atoms with Crippen LogP contribution in [0.2, 0.25) is 0 Å². The highest BCUT2D eigenvalue weighted by molar-refractivity contribution is 5.69. The first-order valence-electron chi connectivity index (χ1n) is 13.2. The monoisotopic (exact) mass is 496 g/mol. The molecule has 5 atom stereocenters. The van der Waals surface area contributed by atoms with E-state index in [2.05, 4.69) is 43.4 Å². The first-order valence-corrected chi connectivity index (χ1v) is 13.2. The molecule has 0 aromatic heterocycles. The van der Waals surface area contributed by atoms with Crippen molar-refractivity contribution in [1.29, 1.82) is 0 Å². The fourth-order valence-electron chi connectivity index (χ4n) is 4.12. The average molecular weight is 497 g/mol. The molecule has 0 amide bonds. The zero-order chi connectivity index (χ0) is 26.1. The number of carbonyl (C=O) groups excluding carboxylic acids is 1. The minimum Gasteiger partial charge on any atom is -0.460 e. The molecule has 0 bridgehead atoms. The molecular weight excluding hydrogens is 448 g/mol. The van der Waals surface area contributed by atoms with Crippen molar-refractivity contribution in [3.8, 4) is 0 Å². The molecule has 7 nitrogen and oxygen atoms in total. The summed E-state index contributed by atoms with van der Waals surface area (Å²) in [7, 11) is 0. The number of aliphatic hydroxyl groups excluding tert-OH is 4. The summed E-state index contributed by atoms with van der Waals surface area (Å²) in [6.07, 6.45) is 17.0. The van der Waals surface area contributed by atoms with Gasteiger partial charge in [-0.15, -0.1) is 0 Å². The van der Waals surface area contributed by atoms with Gasteiger partial charge in [0.1, 0.15) is 30.0 Å². The van der Waals surface area contributed by atoms with Crippen LogP contribution >= 0.6 is 0 Å². The van der Waals surface area contributed by atoms with Crippen LogP contribution in [0.4, 0.5) is 0 Å². The molecule has 0 aromatic carbocycles. The highest BCUT2D eigenvalue weighted by Crippen LogP contribution is 2.29. The molecule has 0 spiro atoms. The van der Waals surface area contributed by atoms with Gasteiger partial charge in [0.2, 0.25) is 0 Å². The number of rotatable bonds is 17. The van der Waals surface area contributed by atoms with E-state index in [0.29, 0.717) is 6.42 Å². The summed E-state index contributed by atoms with van der Waals surface area (Å²) in [6, 6.07) is 0.